The van der Waals surface area contributed by atoms with Gasteiger partial charge in [-0.3, -0.25) is 9.69 Å². The Morgan fingerprint density at radius 3 is 2.68 bits per heavy atom. The minimum absolute atomic E-state index is 0.0191. The second-order valence-electron chi connectivity index (χ2n) is 5.44. The molecule has 0 amide bonds. The molecule has 0 N–H and O–H groups in total. The van der Waals surface area contributed by atoms with E-state index in [1.165, 1.54) is 10.9 Å². The van der Waals surface area contributed by atoms with Crippen LogP contribution in [0.4, 0.5) is 0 Å². The van der Waals surface area contributed by atoms with E-state index >= 15 is 0 Å². The Hall–Kier alpha value is -1.44. The Labute approximate surface area is 137 Å². The highest BCUT2D eigenvalue weighted by Crippen LogP contribution is 2.26. The van der Waals surface area contributed by atoms with Crippen LogP contribution in [0.25, 0.3) is 0 Å². The van der Waals surface area contributed by atoms with Gasteiger partial charge in [-0.05, 0) is 12.8 Å². The molecule has 118 valence electrons. The standard InChI is InChI=1S/C13H16Cl2N6O/c1-19-7-16-18-12(19)9-2-4-20(5-3-9)8-21-13(22)11(15)10(14)6-17-21/h6-7,9H,2-5,8H2,1H3. The van der Waals surface area contributed by atoms with Gasteiger partial charge in [0.1, 0.15) is 17.2 Å². The Morgan fingerprint density at radius 1 is 1.32 bits per heavy atom. The molecule has 9 heteroatoms. The molecule has 0 saturated carbocycles. The van der Waals surface area contributed by atoms with Crippen LogP contribution in [-0.2, 0) is 13.7 Å². The summed E-state index contributed by atoms with van der Waals surface area (Å²) in [6.45, 7) is 2.15. The third-order valence-electron chi connectivity index (χ3n) is 3.98. The smallest absolute Gasteiger partial charge is 0.288 e. The van der Waals surface area contributed by atoms with Crippen molar-refractivity contribution in [2.75, 3.05) is 13.1 Å². The Morgan fingerprint density at radius 2 is 2.05 bits per heavy atom. The third-order valence-corrected chi connectivity index (χ3v) is 4.72. The SMILES string of the molecule is Cn1cnnc1C1CCN(Cn2ncc(Cl)c(Cl)c2=O)CC1. The van der Waals surface area contributed by atoms with Crippen molar-refractivity contribution in [2.45, 2.75) is 25.4 Å². The molecule has 0 radical (unpaired) electrons. The van der Waals surface area contributed by atoms with E-state index in [-0.39, 0.29) is 15.6 Å². The predicted octanol–water partition coefficient (Wildman–Crippen LogP) is 1.52. The number of likely N-dealkylation sites (tertiary alicyclic amines) is 1. The number of nitrogens with zero attached hydrogens (tertiary/aromatic N) is 6. The van der Waals surface area contributed by atoms with Gasteiger partial charge in [-0.1, -0.05) is 23.2 Å². The monoisotopic (exact) mass is 342 g/mol. The van der Waals surface area contributed by atoms with Crippen LogP contribution in [0.3, 0.4) is 0 Å². The number of piperidine rings is 1. The van der Waals surface area contributed by atoms with Gasteiger partial charge in [0.15, 0.2) is 0 Å². The normalized spacial score (nSPS) is 17.0. The van der Waals surface area contributed by atoms with Crippen LogP contribution in [-0.4, -0.2) is 42.5 Å². The quantitative estimate of drug-likeness (QED) is 0.845. The van der Waals surface area contributed by atoms with Crippen LogP contribution >= 0.6 is 23.2 Å². The van der Waals surface area contributed by atoms with Crippen molar-refractivity contribution in [3.63, 3.8) is 0 Å². The maximum atomic E-state index is 12.0. The van der Waals surface area contributed by atoms with Gasteiger partial charge in [-0.2, -0.15) is 5.10 Å². The molecular formula is C13H16Cl2N6O. The molecule has 3 heterocycles. The first-order valence-corrected chi connectivity index (χ1v) is 7.79. The fourth-order valence-corrected chi connectivity index (χ4v) is 3.00. The molecule has 1 aliphatic rings. The summed E-state index contributed by atoms with van der Waals surface area (Å²) in [6.07, 6.45) is 5.07. The molecule has 7 nitrogen and oxygen atoms in total. The first-order valence-electron chi connectivity index (χ1n) is 7.03. The maximum Gasteiger partial charge on any atom is 0.288 e. The molecule has 2 aromatic heterocycles. The van der Waals surface area contributed by atoms with Crippen molar-refractivity contribution in [1.29, 1.82) is 0 Å². The van der Waals surface area contributed by atoms with Gasteiger partial charge in [-0.25, -0.2) is 4.68 Å². The molecule has 22 heavy (non-hydrogen) atoms. The highest BCUT2D eigenvalue weighted by Gasteiger charge is 2.24. The second kappa shape index (κ2) is 6.36. The summed E-state index contributed by atoms with van der Waals surface area (Å²) < 4.78 is 3.31. The van der Waals surface area contributed by atoms with Crippen molar-refractivity contribution in [3.05, 3.63) is 38.7 Å². The summed E-state index contributed by atoms with van der Waals surface area (Å²) in [6, 6.07) is 0. The van der Waals surface area contributed by atoms with Crippen LogP contribution < -0.4 is 5.56 Å². The van der Waals surface area contributed by atoms with Crippen molar-refractivity contribution in [3.8, 4) is 0 Å². The molecule has 3 rings (SSSR count). The summed E-state index contributed by atoms with van der Waals surface area (Å²) in [5.41, 5.74) is -0.357. The molecule has 0 spiro atoms. The van der Waals surface area contributed by atoms with Gasteiger partial charge in [-0.15, -0.1) is 10.2 Å². The summed E-state index contributed by atoms with van der Waals surface area (Å²) in [7, 11) is 1.96. The van der Waals surface area contributed by atoms with E-state index in [0.717, 1.165) is 31.8 Å². The number of halogens is 2. The first kappa shape index (κ1) is 15.5. The highest BCUT2D eigenvalue weighted by atomic mass is 35.5. The zero-order valence-corrected chi connectivity index (χ0v) is 13.6. The fraction of sp³-hybridized carbons (Fsp3) is 0.538. The number of hydrogen-bond donors (Lipinski definition) is 0. The molecule has 2 aromatic rings. The van der Waals surface area contributed by atoms with E-state index < -0.39 is 0 Å². The zero-order chi connectivity index (χ0) is 15.7. The van der Waals surface area contributed by atoms with Gasteiger partial charge < -0.3 is 4.57 Å². The van der Waals surface area contributed by atoms with Gasteiger partial charge in [0, 0.05) is 26.1 Å². The van der Waals surface area contributed by atoms with Crippen molar-refractivity contribution in [2.24, 2.45) is 7.05 Å². The topological polar surface area (TPSA) is 68.8 Å². The van der Waals surface area contributed by atoms with Gasteiger partial charge >= 0.3 is 0 Å². The minimum Gasteiger partial charge on any atom is -0.320 e. The van der Waals surface area contributed by atoms with E-state index in [2.05, 4.69) is 20.2 Å². The summed E-state index contributed by atoms with van der Waals surface area (Å²) >= 11 is 11.6. The van der Waals surface area contributed by atoms with Gasteiger partial charge in [0.2, 0.25) is 0 Å². The van der Waals surface area contributed by atoms with Crippen LogP contribution in [0.2, 0.25) is 10.0 Å². The van der Waals surface area contributed by atoms with E-state index in [9.17, 15) is 4.79 Å². The molecule has 1 fully saturated rings. The molecule has 0 aliphatic carbocycles. The number of aryl methyl sites for hydroxylation is 1. The summed E-state index contributed by atoms with van der Waals surface area (Å²) in [5.74, 6) is 1.42. The van der Waals surface area contributed by atoms with Crippen LogP contribution in [0, 0.1) is 0 Å². The number of hydrogen-bond acceptors (Lipinski definition) is 5. The lowest BCUT2D eigenvalue weighted by Crippen LogP contribution is -2.39. The largest absolute Gasteiger partial charge is 0.320 e. The zero-order valence-electron chi connectivity index (χ0n) is 12.1. The summed E-state index contributed by atoms with van der Waals surface area (Å²) in [5, 5.41) is 12.3. The minimum atomic E-state index is -0.357. The summed E-state index contributed by atoms with van der Waals surface area (Å²) in [4.78, 5) is 14.2. The van der Waals surface area contributed by atoms with Gasteiger partial charge in [0.05, 0.1) is 17.9 Å². The molecule has 1 aliphatic heterocycles. The molecule has 0 unspecified atom stereocenters. The Kier molecular flexibility index (Phi) is 4.46. The average molecular weight is 343 g/mol. The lowest BCUT2D eigenvalue weighted by atomic mass is 9.96. The average Bonchev–Trinajstić information content (AvgIpc) is 2.95. The van der Waals surface area contributed by atoms with E-state index in [1.54, 1.807) is 6.33 Å². The lowest BCUT2D eigenvalue weighted by Gasteiger charge is -2.31. The Bertz CT molecular complexity index is 720. The highest BCUT2D eigenvalue weighted by molar-refractivity contribution is 6.41. The van der Waals surface area contributed by atoms with Crippen molar-refractivity contribution >= 4 is 23.2 Å². The van der Waals surface area contributed by atoms with Crippen molar-refractivity contribution < 1.29 is 0 Å². The van der Waals surface area contributed by atoms with Crippen LogP contribution in [0.5, 0.6) is 0 Å². The Balaban J connectivity index is 1.64. The predicted molar refractivity (Wildman–Crippen MR) is 83.1 cm³/mol. The molecule has 0 aromatic carbocycles. The molecule has 0 atom stereocenters. The molecule has 0 bridgehead atoms. The van der Waals surface area contributed by atoms with E-state index in [0.29, 0.717) is 12.6 Å². The third kappa shape index (κ3) is 3.02. The molecule has 1 saturated heterocycles. The van der Waals surface area contributed by atoms with Crippen LogP contribution in [0.15, 0.2) is 17.3 Å². The fourth-order valence-electron chi connectivity index (χ4n) is 2.73. The van der Waals surface area contributed by atoms with Crippen LogP contribution in [0.1, 0.15) is 24.6 Å². The first-order chi connectivity index (χ1) is 10.6. The van der Waals surface area contributed by atoms with Gasteiger partial charge in [0.25, 0.3) is 5.56 Å². The lowest BCUT2D eigenvalue weighted by molar-refractivity contribution is 0.155. The maximum absolute atomic E-state index is 12.0. The molecular weight excluding hydrogens is 327 g/mol. The van der Waals surface area contributed by atoms with E-state index in [4.69, 9.17) is 23.2 Å². The van der Waals surface area contributed by atoms with Crippen molar-refractivity contribution in [1.82, 2.24) is 29.4 Å². The second-order valence-corrected chi connectivity index (χ2v) is 6.23. The van der Waals surface area contributed by atoms with E-state index in [1.807, 2.05) is 11.6 Å². The number of aromatic nitrogens is 5. The number of rotatable bonds is 3.